The number of nitrogens with one attached hydrogen (secondary N) is 3. The summed E-state index contributed by atoms with van der Waals surface area (Å²) in [6, 6.07) is 10.4. The van der Waals surface area contributed by atoms with E-state index in [0.29, 0.717) is 12.1 Å². The maximum atomic E-state index is 13.8. The third kappa shape index (κ3) is 8.54. The smallest absolute Gasteiger partial charge is 0.296 e. The number of nitrogens with zero attached hydrogens (tertiary/aromatic N) is 3. The number of aromatic nitrogens is 3. The first-order valence-corrected chi connectivity index (χ1v) is 22.3. The minimum atomic E-state index is -5.49. The number of sulfone groups is 1. The third-order valence-corrected chi connectivity index (χ3v) is 12.7. The summed E-state index contributed by atoms with van der Waals surface area (Å²) < 4.78 is 136. The summed E-state index contributed by atoms with van der Waals surface area (Å²) >= 11 is 11.6. The highest BCUT2D eigenvalue weighted by Gasteiger charge is 2.37. The lowest BCUT2D eigenvalue weighted by Crippen LogP contribution is -2.25. The molecule has 0 amide bonds. The Balaban J connectivity index is 1.52. The molecule has 0 atom stereocenters. The van der Waals surface area contributed by atoms with Gasteiger partial charge in [-0.3, -0.25) is 23.2 Å². The summed E-state index contributed by atoms with van der Waals surface area (Å²) in [6.45, 7) is 0. The Morgan fingerprint density at radius 1 is 0.661 bits per heavy atom. The van der Waals surface area contributed by atoms with Crippen LogP contribution in [0.5, 0.6) is 5.75 Å². The van der Waals surface area contributed by atoms with E-state index in [9.17, 15) is 56.9 Å². The summed E-state index contributed by atoms with van der Waals surface area (Å²) in [5.74, 6) is -2.87. The number of carbonyl (C=O) groups excluding carboxylic acids is 2. The van der Waals surface area contributed by atoms with Crippen molar-refractivity contribution in [2.45, 2.75) is 19.6 Å². The van der Waals surface area contributed by atoms with E-state index >= 15 is 0 Å². The monoisotopic (exact) mass is 927 g/mol. The standard InChI is InChI=1S/C32H23Cl2N7O14S4/c1-55-21-7-6-14(56(44,45)9-8-33)10-17(21)37-31-39-30(34)40-32(41-31)38-19-11-18(22(57(46,47)48)13-23(19)58(49,50)51)36-20-12-24(59(52,53)54)27(35)26-25(20)28(42)15-4-2-3-5-16(15)29(26)43/h2-13,36H,35H2,1H3,(H,46,47,48)(H,49,50,51)(H,52,53,54)(H2,37,38,39,40,41)/b9-8+. The number of benzene rings is 4. The second-order valence-electron chi connectivity index (χ2n) is 11.9. The Kier molecular flexibility index (Phi) is 11.2. The van der Waals surface area contributed by atoms with Gasteiger partial charge in [0.05, 0.1) is 51.6 Å². The molecule has 4 aromatic carbocycles. The van der Waals surface area contributed by atoms with Crippen LogP contribution in [0, 0.1) is 0 Å². The Hall–Kier alpha value is -5.77. The molecule has 0 radical (unpaired) electrons. The number of anilines is 7. The van der Waals surface area contributed by atoms with Crippen molar-refractivity contribution in [1.82, 2.24) is 15.0 Å². The fourth-order valence-corrected chi connectivity index (χ4v) is 9.17. The number of carbonyl (C=O) groups is 2. The van der Waals surface area contributed by atoms with Crippen molar-refractivity contribution in [3.63, 3.8) is 0 Å². The van der Waals surface area contributed by atoms with Crippen molar-refractivity contribution in [3.8, 4) is 5.75 Å². The van der Waals surface area contributed by atoms with Gasteiger partial charge in [0.1, 0.15) is 20.4 Å². The maximum absolute atomic E-state index is 13.8. The average Bonchev–Trinajstić information content (AvgIpc) is 3.12. The molecule has 8 N–H and O–H groups in total. The van der Waals surface area contributed by atoms with Gasteiger partial charge in [-0.1, -0.05) is 35.9 Å². The molecule has 0 spiro atoms. The second-order valence-corrected chi connectivity index (χ2v) is 18.4. The van der Waals surface area contributed by atoms with E-state index < -0.39 is 118 Å². The van der Waals surface area contributed by atoms with Gasteiger partial charge in [-0.15, -0.1) is 0 Å². The van der Waals surface area contributed by atoms with Gasteiger partial charge in [-0.2, -0.15) is 40.2 Å². The van der Waals surface area contributed by atoms with Crippen LogP contribution in [0.4, 0.5) is 40.3 Å². The van der Waals surface area contributed by atoms with Crippen molar-refractivity contribution in [2.75, 3.05) is 28.8 Å². The van der Waals surface area contributed by atoms with Gasteiger partial charge in [0.2, 0.25) is 27.0 Å². The zero-order valence-electron chi connectivity index (χ0n) is 29.1. The lowest BCUT2D eigenvalue weighted by molar-refractivity contribution is 0.0980. The molecule has 308 valence electrons. The molecule has 0 bridgehead atoms. The molecule has 0 aliphatic heterocycles. The molecule has 0 saturated heterocycles. The fourth-order valence-electron chi connectivity index (χ4n) is 5.74. The average molecular weight is 929 g/mol. The number of nitrogen functional groups attached to an aromatic ring is 1. The second kappa shape index (κ2) is 15.4. The van der Waals surface area contributed by atoms with Gasteiger partial charge in [-0.25, -0.2) is 8.42 Å². The van der Waals surface area contributed by atoms with Crippen LogP contribution in [0.1, 0.15) is 31.8 Å². The normalized spacial score (nSPS) is 13.2. The van der Waals surface area contributed by atoms with Crippen molar-refractivity contribution >= 4 is 115 Å². The SMILES string of the molecule is COc1ccc(S(=O)(=O)/C=C/Cl)cc1Nc1nc(Cl)nc(Nc2cc(Nc3cc(S(=O)(=O)O)c(N)c4c3C(=O)c3ccccc3C4=O)c(S(=O)(=O)O)cc2S(=O)(=O)O)n1. The molecule has 27 heteroatoms. The highest BCUT2D eigenvalue weighted by atomic mass is 35.5. The van der Waals surface area contributed by atoms with E-state index in [1.807, 2.05) is 0 Å². The zero-order valence-corrected chi connectivity index (χ0v) is 33.8. The molecular weight excluding hydrogens is 906 g/mol. The summed E-state index contributed by atoms with van der Waals surface area (Å²) in [7, 11) is -19.0. The lowest BCUT2D eigenvalue weighted by atomic mass is 9.82. The molecule has 1 aliphatic rings. The molecule has 1 aromatic heterocycles. The number of nitrogens with two attached hydrogens (primary N) is 1. The number of halogens is 2. The van der Waals surface area contributed by atoms with Crippen LogP contribution in [-0.4, -0.2) is 81.0 Å². The number of fused-ring (bicyclic) bond motifs is 2. The van der Waals surface area contributed by atoms with Crippen molar-refractivity contribution in [1.29, 1.82) is 0 Å². The number of hydrogen-bond donors (Lipinski definition) is 7. The van der Waals surface area contributed by atoms with Gasteiger partial charge in [0.15, 0.2) is 11.6 Å². The van der Waals surface area contributed by atoms with Crippen LogP contribution in [0.3, 0.4) is 0 Å². The minimum absolute atomic E-state index is 0.0425. The molecule has 21 nitrogen and oxygen atoms in total. The predicted octanol–water partition coefficient (Wildman–Crippen LogP) is 4.35. The van der Waals surface area contributed by atoms with E-state index in [4.69, 9.17) is 33.7 Å². The highest BCUT2D eigenvalue weighted by Crippen LogP contribution is 2.42. The predicted molar refractivity (Wildman–Crippen MR) is 210 cm³/mol. The number of hydrogen-bond acceptors (Lipinski definition) is 18. The van der Waals surface area contributed by atoms with Gasteiger partial charge < -0.3 is 26.4 Å². The molecule has 0 fully saturated rings. The van der Waals surface area contributed by atoms with Crippen molar-refractivity contribution < 1.29 is 61.7 Å². The molecule has 6 rings (SSSR count). The Bertz CT molecular complexity index is 3150. The summed E-state index contributed by atoms with van der Waals surface area (Å²) in [5.41, 5.74) is 1.94. The molecular formula is C32H23Cl2N7O14S4. The molecule has 5 aromatic rings. The minimum Gasteiger partial charge on any atom is -0.495 e. The van der Waals surface area contributed by atoms with E-state index in [1.165, 1.54) is 43.5 Å². The van der Waals surface area contributed by atoms with Crippen molar-refractivity contribution in [2.24, 2.45) is 0 Å². The first-order valence-electron chi connectivity index (χ1n) is 15.6. The first-order chi connectivity index (χ1) is 27.4. The largest absolute Gasteiger partial charge is 0.495 e. The van der Waals surface area contributed by atoms with Crippen molar-refractivity contribution in [3.05, 3.63) is 99.1 Å². The number of ketones is 2. The van der Waals surface area contributed by atoms with Gasteiger partial charge in [0.25, 0.3) is 30.4 Å². The lowest BCUT2D eigenvalue weighted by Gasteiger charge is -2.24. The van der Waals surface area contributed by atoms with Gasteiger partial charge in [0, 0.05) is 22.1 Å². The van der Waals surface area contributed by atoms with Crippen LogP contribution in [0.2, 0.25) is 5.28 Å². The molecule has 0 unspecified atom stereocenters. The van der Waals surface area contributed by atoms with E-state index in [2.05, 4.69) is 30.9 Å². The molecule has 1 heterocycles. The van der Waals surface area contributed by atoms with Crippen LogP contribution < -0.4 is 26.4 Å². The third-order valence-electron chi connectivity index (χ3n) is 8.22. The van der Waals surface area contributed by atoms with Gasteiger partial charge >= 0.3 is 0 Å². The van der Waals surface area contributed by atoms with Crippen LogP contribution in [0.25, 0.3) is 0 Å². The summed E-state index contributed by atoms with van der Waals surface area (Å²) in [6.07, 6.45) is 0. The number of ether oxygens (including phenoxy) is 1. The number of rotatable bonds is 12. The zero-order chi connectivity index (χ0) is 43.4. The van der Waals surface area contributed by atoms with Crippen LogP contribution >= 0.6 is 23.2 Å². The van der Waals surface area contributed by atoms with E-state index in [-0.39, 0.29) is 33.5 Å². The quantitative estimate of drug-likeness (QED) is 0.0662. The molecule has 1 aliphatic carbocycles. The first kappa shape index (κ1) is 42.8. The van der Waals surface area contributed by atoms with E-state index in [0.717, 1.165) is 17.0 Å². The Morgan fingerprint density at radius 2 is 1.19 bits per heavy atom. The highest BCUT2D eigenvalue weighted by molar-refractivity contribution is 7.94. The molecule has 59 heavy (non-hydrogen) atoms. The number of methoxy groups -OCH3 is 1. The van der Waals surface area contributed by atoms with Crippen LogP contribution in [0.15, 0.2) is 91.2 Å². The fraction of sp³-hybridized carbons (Fsp3) is 0.0312. The molecule has 0 saturated carbocycles. The Labute approximate surface area is 343 Å². The summed E-state index contributed by atoms with van der Waals surface area (Å²) in [4.78, 5) is 35.4. The van der Waals surface area contributed by atoms with Crippen LogP contribution in [-0.2, 0) is 40.2 Å². The topological polar surface area (TPSA) is 341 Å². The van der Waals surface area contributed by atoms with Gasteiger partial charge in [-0.05, 0) is 48.0 Å². The summed E-state index contributed by atoms with van der Waals surface area (Å²) in [5, 5.41) is 7.61. The Morgan fingerprint density at radius 3 is 1.71 bits per heavy atom. The maximum Gasteiger partial charge on any atom is 0.296 e. The van der Waals surface area contributed by atoms with E-state index in [1.54, 1.807) is 0 Å².